The maximum Gasteiger partial charge on any atom is 0.312 e. The summed E-state index contributed by atoms with van der Waals surface area (Å²) in [7, 11) is 0. The first-order valence-corrected chi connectivity index (χ1v) is 6.29. The summed E-state index contributed by atoms with van der Waals surface area (Å²) >= 11 is 0. The molecule has 0 radical (unpaired) electrons. The van der Waals surface area contributed by atoms with Crippen LogP contribution < -0.4 is 0 Å². The highest BCUT2D eigenvalue weighted by molar-refractivity contribution is 5.75. The van der Waals surface area contributed by atoms with Crippen molar-refractivity contribution in [2.24, 2.45) is 0 Å². The fourth-order valence-electron chi connectivity index (χ4n) is 2.51. The van der Waals surface area contributed by atoms with Gasteiger partial charge in [-0.15, -0.1) is 0 Å². The zero-order valence-electron chi connectivity index (χ0n) is 10.1. The van der Waals surface area contributed by atoms with Crippen LogP contribution in [0.25, 0.3) is 0 Å². The average molecular weight is 234 g/mol. The van der Waals surface area contributed by atoms with Gasteiger partial charge in [0.2, 0.25) is 0 Å². The van der Waals surface area contributed by atoms with Crippen molar-refractivity contribution < 1.29 is 9.90 Å². The highest BCUT2D eigenvalue weighted by Gasteiger charge is 2.24. The Kier molecular flexibility index (Phi) is 3.71. The average Bonchev–Trinajstić information content (AvgIpc) is 2.55. The molecule has 0 spiro atoms. The lowest BCUT2D eigenvalue weighted by atomic mass is 9.94. The number of rotatable bonds is 3. The molecule has 1 aliphatic rings. The minimum absolute atomic E-state index is 0.482. The van der Waals surface area contributed by atoms with Gasteiger partial charge < -0.3 is 5.11 Å². The molecule has 1 N–H and O–H groups in total. The number of carboxylic acids is 1. The van der Waals surface area contributed by atoms with E-state index in [1.165, 1.54) is 12.7 Å². The van der Waals surface area contributed by atoms with E-state index in [9.17, 15) is 9.90 Å². The summed E-state index contributed by atoms with van der Waals surface area (Å²) in [5.41, 5.74) is 2.90. The summed E-state index contributed by atoms with van der Waals surface area (Å²) in [6.07, 6.45) is 7.44. The van der Waals surface area contributed by atoms with Crippen LogP contribution in [0.2, 0.25) is 0 Å². The van der Waals surface area contributed by atoms with Crippen LogP contribution in [-0.4, -0.2) is 21.0 Å². The SMILES string of the molecule is CCC(C(=O)O)c1ncnc2c1CCCCC2. The van der Waals surface area contributed by atoms with Gasteiger partial charge in [-0.2, -0.15) is 0 Å². The highest BCUT2D eigenvalue weighted by atomic mass is 16.4. The summed E-state index contributed by atoms with van der Waals surface area (Å²) < 4.78 is 0. The quantitative estimate of drug-likeness (QED) is 0.815. The van der Waals surface area contributed by atoms with Gasteiger partial charge in [0.25, 0.3) is 0 Å². The van der Waals surface area contributed by atoms with E-state index in [1.54, 1.807) is 0 Å². The van der Waals surface area contributed by atoms with Crippen LogP contribution in [-0.2, 0) is 17.6 Å². The topological polar surface area (TPSA) is 63.1 Å². The Balaban J connectivity index is 2.43. The first kappa shape index (κ1) is 12.0. The lowest BCUT2D eigenvalue weighted by Gasteiger charge is -2.15. The standard InChI is InChI=1S/C13H18N2O2/c1-2-9(13(16)17)12-10-6-4-3-5-7-11(10)14-8-15-12/h8-9H,2-7H2,1H3,(H,16,17). The van der Waals surface area contributed by atoms with Gasteiger partial charge in [-0.1, -0.05) is 13.3 Å². The summed E-state index contributed by atoms with van der Waals surface area (Å²) in [6, 6.07) is 0. The van der Waals surface area contributed by atoms with E-state index >= 15 is 0 Å². The maximum atomic E-state index is 11.2. The molecule has 2 rings (SSSR count). The molecular weight excluding hydrogens is 216 g/mol. The molecule has 17 heavy (non-hydrogen) atoms. The summed E-state index contributed by atoms with van der Waals surface area (Å²) in [4.78, 5) is 19.8. The smallest absolute Gasteiger partial charge is 0.312 e. The zero-order chi connectivity index (χ0) is 12.3. The normalized spacial score (nSPS) is 17.0. The maximum absolute atomic E-state index is 11.2. The van der Waals surface area contributed by atoms with Gasteiger partial charge in [-0.25, -0.2) is 9.97 Å². The van der Waals surface area contributed by atoms with E-state index in [2.05, 4.69) is 9.97 Å². The van der Waals surface area contributed by atoms with Crippen molar-refractivity contribution in [2.75, 3.05) is 0 Å². The van der Waals surface area contributed by atoms with E-state index in [0.717, 1.165) is 42.6 Å². The number of carbonyl (C=O) groups is 1. The number of fused-ring (bicyclic) bond motifs is 1. The van der Waals surface area contributed by atoms with E-state index in [-0.39, 0.29) is 0 Å². The van der Waals surface area contributed by atoms with Gasteiger partial charge >= 0.3 is 5.97 Å². The molecule has 0 fully saturated rings. The Morgan fingerprint density at radius 3 is 2.82 bits per heavy atom. The first-order chi connectivity index (χ1) is 8.24. The van der Waals surface area contributed by atoms with Crippen molar-refractivity contribution >= 4 is 5.97 Å². The molecule has 4 heteroatoms. The molecule has 0 bridgehead atoms. The van der Waals surface area contributed by atoms with Crippen LogP contribution in [0.1, 0.15) is 55.5 Å². The molecule has 1 unspecified atom stereocenters. The fourth-order valence-corrected chi connectivity index (χ4v) is 2.51. The summed E-state index contributed by atoms with van der Waals surface area (Å²) in [6.45, 7) is 1.89. The molecule has 92 valence electrons. The van der Waals surface area contributed by atoms with Gasteiger partial charge in [0.15, 0.2) is 0 Å². The molecule has 0 amide bonds. The molecular formula is C13H18N2O2. The Hall–Kier alpha value is -1.45. The first-order valence-electron chi connectivity index (χ1n) is 6.29. The number of nitrogens with zero attached hydrogens (tertiary/aromatic N) is 2. The van der Waals surface area contributed by atoms with Gasteiger partial charge in [-0.05, 0) is 37.7 Å². The number of aryl methyl sites for hydroxylation is 1. The van der Waals surface area contributed by atoms with Crippen LogP contribution in [0, 0.1) is 0 Å². The lowest BCUT2D eigenvalue weighted by Crippen LogP contribution is -2.16. The minimum atomic E-state index is -0.780. The molecule has 0 saturated carbocycles. The summed E-state index contributed by atoms with van der Waals surface area (Å²) in [5, 5.41) is 9.24. The van der Waals surface area contributed by atoms with E-state index in [4.69, 9.17) is 0 Å². The Morgan fingerprint density at radius 2 is 2.12 bits per heavy atom. The van der Waals surface area contributed by atoms with Crippen LogP contribution in [0.5, 0.6) is 0 Å². The monoisotopic (exact) mass is 234 g/mol. The fraction of sp³-hybridized carbons (Fsp3) is 0.615. The molecule has 0 saturated heterocycles. The largest absolute Gasteiger partial charge is 0.481 e. The Morgan fingerprint density at radius 1 is 1.35 bits per heavy atom. The predicted octanol–water partition coefficient (Wildman–Crippen LogP) is 2.32. The highest BCUT2D eigenvalue weighted by Crippen LogP contribution is 2.27. The summed E-state index contributed by atoms with van der Waals surface area (Å²) in [5.74, 6) is -1.26. The molecule has 1 atom stereocenters. The molecule has 4 nitrogen and oxygen atoms in total. The van der Waals surface area contributed by atoms with Crippen LogP contribution in [0.3, 0.4) is 0 Å². The van der Waals surface area contributed by atoms with Crippen molar-refractivity contribution in [3.8, 4) is 0 Å². The Bertz CT molecular complexity index is 418. The molecule has 1 aliphatic carbocycles. The van der Waals surface area contributed by atoms with Gasteiger partial charge in [-0.3, -0.25) is 4.79 Å². The minimum Gasteiger partial charge on any atom is -0.481 e. The van der Waals surface area contributed by atoms with Crippen LogP contribution in [0.15, 0.2) is 6.33 Å². The van der Waals surface area contributed by atoms with Crippen LogP contribution >= 0.6 is 0 Å². The van der Waals surface area contributed by atoms with Crippen molar-refractivity contribution in [3.63, 3.8) is 0 Å². The third-order valence-corrected chi connectivity index (χ3v) is 3.44. The molecule has 1 aromatic heterocycles. The number of carboxylic acid groups (broad SMARTS) is 1. The molecule has 1 heterocycles. The third kappa shape index (κ3) is 2.46. The van der Waals surface area contributed by atoms with E-state index in [0.29, 0.717) is 6.42 Å². The third-order valence-electron chi connectivity index (χ3n) is 3.44. The van der Waals surface area contributed by atoms with Crippen molar-refractivity contribution in [1.29, 1.82) is 0 Å². The van der Waals surface area contributed by atoms with Crippen molar-refractivity contribution in [3.05, 3.63) is 23.3 Å². The van der Waals surface area contributed by atoms with Crippen molar-refractivity contribution in [2.45, 2.75) is 51.4 Å². The van der Waals surface area contributed by atoms with Gasteiger partial charge in [0, 0.05) is 5.69 Å². The van der Waals surface area contributed by atoms with Gasteiger partial charge in [0.1, 0.15) is 6.33 Å². The number of aliphatic carboxylic acids is 1. The van der Waals surface area contributed by atoms with E-state index in [1.807, 2.05) is 6.92 Å². The number of hydrogen-bond acceptors (Lipinski definition) is 3. The van der Waals surface area contributed by atoms with Gasteiger partial charge in [0.05, 0.1) is 11.6 Å². The second-order valence-corrected chi connectivity index (χ2v) is 4.54. The van der Waals surface area contributed by atoms with Crippen LogP contribution in [0.4, 0.5) is 0 Å². The van der Waals surface area contributed by atoms with Crippen molar-refractivity contribution in [1.82, 2.24) is 9.97 Å². The van der Waals surface area contributed by atoms with E-state index < -0.39 is 11.9 Å². The zero-order valence-corrected chi connectivity index (χ0v) is 10.1. The second kappa shape index (κ2) is 5.25. The molecule has 0 aromatic carbocycles. The lowest BCUT2D eigenvalue weighted by molar-refractivity contribution is -0.139. The Labute approximate surface area is 101 Å². The predicted molar refractivity (Wildman–Crippen MR) is 64.0 cm³/mol. The number of hydrogen-bond donors (Lipinski definition) is 1. The molecule has 1 aromatic rings. The number of aromatic nitrogens is 2. The second-order valence-electron chi connectivity index (χ2n) is 4.54. The molecule has 0 aliphatic heterocycles.